The number of hydrogen-bond donors (Lipinski definition) is 6. The molecular weight excluding hydrogens is 690 g/mol. The first-order valence-electron chi connectivity index (χ1n) is 18.0. The molecule has 1 fully saturated rings. The van der Waals surface area contributed by atoms with Crippen LogP contribution < -0.4 is 20.9 Å². The van der Waals surface area contributed by atoms with E-state index in [1.165, 1.54) is 18.3 Å². The molecule has 0 aliphatic carbocycles. The number of ether oxygens (including phenoxy) is 2. The average molecular weight is 736 g/mol. The number of esters is 1. The first-order valence-corrected chi connectivity index (χ1v) is 18.0. The molecule has 1 aliphatic rings. The largest absolute Gasteiger partial charge is 0.506 e. The van der Waals surface area contributed by atoms with Gasteiger partial charge in [0.1, 0.15) is 17.6 Å². The first-order chi connectivity index (χ1) is 26.1. The Balaban J connectivity index is 0.966. The number of aliphatic hydroxyl groups excluding tert-OH is 1. The summed E-state index contributed by atoms with van der Waals surface area (Å²) in [5.41, 5.74) is 0.239. The number of carbonyl (C=O) groups is 2. The fourth-order valence-electron chi connectivity index (χ4n) is 6.57. The molecule has 2 aromatic heterocycles. The highest BCUT2D eigenvalue weighted by Gasteiger charge is 2.43. The molecule has 13 heteroatoms. The van der Waals surface area contributed by atoms with Crippen molar-refractivity contribution >= 4 is 22.8 Å². The Morgan fingerprint density at radius 2 is 1.85 bits per heavy atom. The second kappa shape index (κ2) is 17.5. The number of pyridine rings is 2. The highest BCUT2D eigenvalue weighted by molar-refractivity contribution is 5.93. The number of fused-ring (bicyclic) bond motifs is 1. The Morgan fingerprint density at radius 1 is 1.04 bits per heavy atom. The van der Waals surface area contributed by atoms with Gasteiger partial charge in [-0.3, -0.25) is 14.6 Å². The number of piperidine rings is 1. The van der Waals surface area contributed by atoms with Crippen LogP contribution in [0.15, 0.2) is 102 Å². The lowest BCUT2D eigenvalue weighted by atomic mass is 9.86. The summed E-state index contributed by atoms with van der Waals surface area (Å²) >= 11 is 0. The zero-order valence-electron chi connectivity index (χ0n) is 30.0. The van der Waals surface area contributed by atoms with Gasteiger partial charge in [0.25, 0.3) is 5.91 Å². The summed E-state index contributed by atoms with van der Waals surface area (Å²) < 4.78 is 11.8. The molecule has 0 bridgehead atoms. The molecule has 6 rings (SSSR count). The number of carbonyl (C=O) groups excluding carboxylic acids is 2. The lowest BCUT2D eigenvalue weighted by Gasteiger charge is -2.33. The van der Waals surface area contributed by atoms with Gasteiger partial charge in [0.2, 0.25) is 11.2 Å². The van der Waals surface area contributed by atoms with E-state index < -0.39 is 17.7 Å². The third-order valence-corrected chi connectivity index (χ3v) is 9.47. The van der Waals surface area contributed by atoms with Crippen molar-refractivity contribution < 1.29 is 34.4 Å². The van der Waals surface area contributed by atoms with Crippen LogP contribution in [0, 0.1) is 0 Å². The molecule has 0 spiro atoms. The van der Waals surface area contributed by atoms with Gasteiger partial charge in [-0.25, -0.2) is 4.79 Å². The summed E-state index contributed by atoms with van der Waals surface area (Å²) in [5, 5.41) is 39.4. The van der Waals surface area contributed by atoms with E-state index in [9.17, 15) is 29.7 Å². The number of aromatic amines is 1. The van der Waals surface area contributed by atoms with Gasteiger partial charge in [-0.15, -0.1) is 0 Å². The number of phenolic OH excluding ortho intramolecular Hbond substituents is 1. The minimum atomic E-state index is -2.03. The van der Waals surface area contributed by atoms with Crippen LogP contribution in [0.3, 0.4) is 0 Å². The van der Waals surface area contributed by atoms with E-state index in [0.29, 0.717) is 65.1 Å². The molecule has 1 saturated heterocycles. The molecule has 13 nitrogen and oxygen atoms in total. The summed E-state index contributed by atoms with van der Waals surface area (Å²) in [7, 11) is 1.98. The molecule has 0 radical (unpaired) electrons. The third-order valence-electron chi connectivity index (χ3n) is 9.47. The molecule has 1 aliphatic heterocycles. The number of rotatable bonds is 15. The molecule has 3 heterocycles. The van der Waals surface area contributed by atoms with Crippen molar-refractivity contribution in [1.29, 1.82) is 0 Å². The molecule has 3 atom stereocenters. The molecule has 54 heavy (non-hydrogen) atoms. The fraction of sp³-hybridized carbons (Fsp3) is 0.317. The Hall–Kier alpha value is -5.60. The molecule has 5 aromatic rings. The van der Waals surface area contributed by atoms with Crippen molar-refractivity contribution in [3.8, 4) is 11.5 Å². The molecule has 282 valence electrons. The lowest BCUT2D eigenvalue weighted by molar-refractivity contribution is -0.170. The molecule has 3 aromatic carbocycles. The number of phenols is 1. The highest BCUT2D eigenvalue weighted by atomic mass is 16.6. The van der Waals surface area contributed by atoms with Crippen LogP contribution in [0.4, 0.5) is 0 Å². The third kappa shape index (κ3) is 9.12. The number of likely N-dealkylation sites (N-methyl/N-ethyl adjacent to an activating group) is 1. The van der Waals surface area contributed by atoms with Crippen LogP contribution in [0.1, 0.15) is 58.1 Å². The van der Waals surface area contributed by atoms with Crippen molar-refractivity contribution in [1.82, 2.24) is 25.5 Å². The van der Waals surface area contributed by atoms with Crippen LogP contribution in [0.5, 0.6) is 11.5 Å². The maximum absolute atomic E-state index is 13.6. The van der Waals surface area contributed by atoms with E-state index in [1.54, 1.807) is 72.8 Å². The fourth-order valence-corrected chi connectivity index (χ4v) is 6.57. The Kier molecular flexibility index (Phi) is 12.3. The molecule has 0 saturated carbocycles. The Morgan fingerprint density at radius 3 is 2.63 bits per heavy atom. The SMILES string of the molecule is CN1CCC[C@@H](OC(=O)[C@](O)(c2ccccc2)c2cccc(OCCCNC(=O)c3ccc(CNC[C@H](O)c4ccc(O)c5[nH]c(=O)ccc45)nc3)c2)C1. The van der Waals surface area contributed by atoms with Gasteiger partial charge in [0.15, 0.2) is 0 Å². The number of benzene rings is 3. The minimum absolute atomic E-state index is 0.0763. The maximum atomic E-state index is 13.6. The van der Waals surface area contributed by atoms with Gasteiger partial charge in [-0.2, -0.15) is 0 Å². The smallest absolute Gasteiger partial charge is 0.348 e. The van der Waals surface area contributed by atoms with Gasteiger partial charge in [-0.05, 0) is 80.4 Å². The van der Waals surface area contributed by atoms with Crippen molar-refractivity contribution in [3.63, 3.8) is 0 Å². The lowest BCUT2D eigenvalue weighted by Crippen LogP contribution is -2.44. The summed E-state index contributed by atoms with van der Waals surface area (Å²) in [4.78, 5) is 47.1. The average Bonchev–Trinajstić information content (AvgIpc) is 3.18. The number of likely N-dealkylation sites (tertiary alicyclic amines) is 1. The number of hydrogen-bond acceptors (Lipinski definition) is 11. The van der Waals surface area contributed by atoms with Gasteiger partial charge >= 0.3 is 5.97 Å². The van der Waals surface area contributed by atoms with Gasteiger partial charge in [-0.1, -0.05) is 48.5 Å². The van der Waals surface area contributed by atoms with E-state index in [1.807, 2.05) is 13.1 Å². The second-order valence-electron chi connectivity index (χ2n) is 13.5. The number of aliphatic hydroxyl groups is 2. The topological polar surface area (TPSA) is 186 Å². The molecule has 0 unspecified atom stereocenters. The summed E-state index contributed by atoms with van der Waals surface area (Å²) in [5.74, 6) is -0.627. The number of aromatic hydroxyl groups is 1. The Bertz CT molecular complexity index is 2110. The van der Waals surface area contributed by atoms with Crippen LogP contribution in [-0.2, 0) is 21.7 Å². The van der Waals surface area contributed by atoms with Crippen LogP contribution in [0.2, 0.25) is 0 Å². The highest BCUT2D eigenvalue weighted by Crippen LogP contribution is 2.34. The first kappa shape index (κ1) is 38.1. The van der Waals surface area contributed by atoms with E-state index in [4.69, 9.17) is 9.47 Å². The van der Waals surface area contributed by atoms with E-state index in [2.05, 4.69) is 25.5 Å². The predicted molar refractivity (Wildman–Crippen MR) is 202 cm³/mol. The van der Waals surface area contributed by atoms with E-state index in [0.717, 1.165) is 19.4 Å². The van der Waals surface area contributed by atoms with Crippen LogP contribution >= 0.6 is 0 Å². The molecule has 6 N–H and O–H groups in total. The van der Waals surface area contributed by atoms with Crippen molar-refractivity contribution in [2.75, 3.05) is 39.8 Å². The molecular formula is C41H45N5O8. The summed E-state index contributed by atoms with van der Waals surface area (Å²) in [6.45, 7) is 2.69. The summed E-state index contributed by atoms with van der Waals surface area (Å²) in [6, 6.07) is 24.9. The van der Waals surface area contributed by atoms with E-state index in [-0.39, 0.29) is 42.0 Å². The second-order valence-corrected chi connectivity index (χ2v) is 13.5. The monoisotopic (exact) mass is 735 g/mol. The van der Waals surface area contributed by atoms with Gasteiger partial charge in [0, 0.05) is 49.4 Å². The number of nitrogens with zero attached hydrogens (tertiary/aromatic N) is 2. The normalized spacial score (nSPS) is 16.3. The zero-order chi connectivity index (χ0) is 38.1. The standard InChI is InChI=1S/C41H45N5O8/c1-46-20-6-12-32(26-46)54-40(51)41(52,28-8-3-2-4-9-28)29-10-5-11-31(22-29)53-21-7-19-43-39(50)27-13-14-30(44-23-27)24-42-25-36(48)33-15-17-35(47)38-34(33)16-18-37(49)45-38/h2-5,8-11,13-18,22-23,32,36,42,47-48,52H,6-7,12,19-21,24-26H2,1H3,(H,43,50)(H,45,49)/t32-,36+,41+/m1/s1. The van der Waals surface area contributed by atoms with Crippen LogP contribution in [-0.4, -0.2) is 88.0 Å². The van der Waals surface area contributed by atoms with Crippen molar-refractivity contribution in [2.24, 2.45) is 0 Å². The number of H-pyrrole nitrogens is 1. The number of nitrogens with one attached hydrogen (secondary N) is 3. The van der Waals surface area contributed by atoms with Crippen LogP contribution in [0.25, 0.3) is 10.9 Å². The Labute approximate surface area is 312 Å². The zero-order valence-corrected chi connectivity index (χ0v) is 30.0. The minimum Gasteiger partial charge on any atom is -0.506 e. The maximum Gasteiger partial charge on any atom is 0.348 e. The van der Waals surface area contributed by atoms with Crippen molar-refractivity contribution in [3.05, 3.63) is 135 Å². The van der Waals surface area contributed by atoms with Gasteiger partial charge in [0.05, 0.1) is 29.5 Å². The number of aromatic nitrogens is 2. The number of amides is 1. The van der Waals surface area contributed by atoms with E-state index >= 15 is 0 Å². The summed E-state index contributed by atoms with van der Waals surface area (Å²) in [6.07, 6.45) is 2.41. The van der Waals surface area contributed by atoms with Crippen molar-refractivity contribution in [2.45, 2.75) is 43.6 Å². The molecule has 1 amide bonds. The van der Waals surface area contributed by atoms with Gasteiger partial charge < -0.3 is 45.3 Å². The quantitative estimate of drug-likeness (QED) is 0.0683. The predicted octanol–water partition coefficient (Wildman–Crippen LogP) is 3.52.